The Bertz CT molecular complexity index is 307. The molecule has 0 amide bonds. The highest BCUT2D eigenvalue weighted by molar-refractivity contribution is 5.22. The summed E-state index contributed by atoms with van der Waals surface area (Å²) in [5, 5.41) is 0. The molecule has 0 saturated carbocycles. The molecule has 17 heavy (non-hydrogen) atoms. The molecule has 0 heterocycles. The average molecular weight is 230 g/mol. The van der Waals surface area contributed by atoms with E-state index in [2.05, 4.69) is 44.7 Å². The molecule has 1 atom stereocenters. The van der Waals surface area contributed by atoms with Gasteiger partial charge in [-0.1, -0.05) is 50.6 Å². The van der Waals surface area contributed by atoms with Crippen LogP contribution in [-0.2, 0) is 12.8 Å². The molecule has 0 fully saturated rings. The molecular weight excluding hydrogens is 204 g/mol. The fraction of sp³-hybridized carbons (Fsp3) is 0.529. The van der Waals surface area contributed by atoms with Gasteiger partial charge < -0.3 is 0 Å². The van der Waals surface area contributed by atoms with Crippen LogP contribution in [0, 0.1) is 5.92 Å². The molecule has 0 heteroatoms. The number of hydrogen-bond acceptors (Lipinski definition) is 0. The van der Waals surface area contributed by atoms with Crippen molar-refractivity contribution in [2.45, 2.75) is 52.4 Å². The van der Waals surface area contributed by atoms with Crippen LogP contribution in [-0.4, -0.2) is 0 Å². The third-order valence-corrected chi connectivity index (χ3v) is 3.63. The lowest BCUT2D eigenvalue weighted by Gasteiger charge is -2.13. The van der Waals surface area contributed by atoms with Gasteiger partial charge in [-0.15, -0.1) is 6.58 Å². The zero-order valence-electron chi connectivity index (χ0n) is 11.4. The standard InChI is InChI=1S/C17H26/c1-4-7-8-15(5-2)9-12-17-13-10-16(6-3)11-14-17/h4,10-11,13-15H,1,5-9,12H2,2-3H3. The lowest BCUT2D eigenvalue weighted by molar-refractivity contribution is 0.441. The van der Waals surface area contributed by atoms with E-state index in [9.17, 15) is 0 Å². The van der Waals surface area contributed by atoms with E-state index >= 15 is 0 Å². The van der Waals surface area contributed by atoms with Gasteiger partial charge in [0.05, 0.1) is 0 Å². The summed E-state index contributed by atoms with van der Waals surface area (Å²) in [5.41, 5.74) is 2.92. The topological polar surface area (TPSA) is 0 Å². The molecular formula is C17H26. The van der Waals surface area contributed by atoms with Crippen LogP contribution in [0.2, 0.25) is 0 Å². The Kier molecular flexibility index (Phi) is 6.69. The fourth-order valence-corrected chi connectivity index (χ4v) is 2.22. The Balaban J connectivity index is 2.39. The minimum Gasteiger partial charge on any atom is -0.103 e. The zero-order valence-corrected chi connectivity index (χ0v) is 11.4. The van der Waals surface area contributed by atoms with Crippen LogP contribution in [0.1, 0.15) is 50.7 Å². The summed E-state index contributed by atoms with van der Waals surface area (Å²) >= 11 is 0. The highest BCUT2D eigenvalue weighted by Crippen LogP contribution is 2.19. The van der Waals surface area contributed by atoms with Crippen LogP contribution in [0.5, 0.6) is 0 Å². The Hall–Kier alpha value is -1.04. The van der Waals surface area contributed by atoms with E-state index in [1.807, 2.05) is 6.08 Å². The molecule has 0 spiro atoms. The summed E-state index contributed by atoms with van der Waals surface area (Å²) in [5.74, 6) is 0.860. The second-order valence-corrected chi connectivity index (χ2v) is 4.85. The molecule has 1 unspecified atom stereocenters. The first-order valence-corrected chi connectivity index (χ1v) is 6.98. The van der Waals surface area contributed by atoms with Crippen molar-refractivity contribution in [3.8, 4) is 0 Å². The molecule has 0 radical (unpaired) electrons. The first kappa shape index (κ1) is 14.0. The molecule has 0 aromatic heterocycles. The predicted octanol–water partition coefficient (Wildman–Crippen LogP) is 5.17. The van der Waals surface area contributed by atoms with Crippen molar-refractivity contribution < 1.29 is 0 Å². The summed E-state index contributed by atoms with van der Waals surface area (Å²) in [6.45, 7) is 8.31. The molecule has 94 valence electrons. The van der Waals surface area contributed by atoms with Crippen molar-refractivity contribution in [3.63, 3.8) is 0 Å². The minimum absolute atomic E-state index is 0.860. The molecule has 0 N–H and O–H groups in total. The lowest BCUT2D eigenvalue weighted by atomic mass is 9.92. The van der Waals surface area contributed by atoms with Gasteiger partial charge >= 0.3 is 0 Å². The molecule has 0 aliphatic heterocycles. The molecule has 0 saturated heterocycles. The lowest BCUT2D eigenvalue weighted by Crippen LogP contribution is -2.00. The van der Waals surface area contributed by atoms with Crippen molar-refractivity contribution in [2.24, 2.45) is 5.92 Å². The van der Waals surface area contributed by atoms with Crippen LogP contribution in [0.3, 0.4) is 0 Å². The first-order chi connectivity index (χ1) is 8.30. The van der Waals surface area contributed by atoms with E-state index in [0.29, 0.717) is 0 Å². The van der Waals surface area contributed by atoms with E-state index in [1.54, 1.807) is 0 Å². The minimum atomic E-state index is 0.860. The van der Waals surface area contributed by atoms with E-state index in [1.165, 1.54) is 36.8 Å². The summed E-state index contributed by atoms with van der Waals surface area (Å²) in [6, 6.07) is 9.11. The number of aryl methyl sites for hydroxylation is 2. The van der Waals surface area contributed by atoms with Crippen molar-refractivity contribution >= 4 is 0 Å². The van der Waals surface area contributed by atoms with E-state index in [-0.39, 0.29) is 0 Å². The molecule has 1 aromatic carbocycles. The summed E-state index contributed by atoms with van der Waals surface area (Å²) in [6.07, 6.45) is 9.46. The number of benzene rings is 1. The van der Waals surface area contributed by atoms with Gasteiger partial charge in [-0.3, -0.25) is 0 Å². The Morgan fingerprint density at radius 3 is 2.24 bits per heavy atom. The van der Waals surface area contributed by atoms with Gasteiger partial charge in [-0.2, -0.15) is 0 Å². The molecule has 0 aliphatic carbocycles. The van der Waals surface area contributed by atoms with Crippen molar-refractivity contribution in [1.29, 1.82) is 0 Å². The van der Waals surface area contributed by atoms with Gasteiger partial charge in [0.25, 0.3) is 0 Å². The first-order valence-electron chi connectivity index (χ1n) is 6.98. The maximum absolute atomic E-state index is 3.80. The van der Waals surface area contributed by atoms with E-state index < -0.39 is 0 Å². The van der Waals surface area contributed by atoms with Gasteiger partial charge in [0, 0.05) is 0 Å². The number of rotatable bonds is 8. The van der Waals surface area contributed by atoms with E-state index in [4.69, 9.17) is 0 Å². The Labute approximate surface area is 107 Å². The Morgan fingerprint density at radius 2 is 1.71 bits per heavy atom. The summed E-state index contributed by atoms with van der Waals surface area (Å²) in [7, 11) is 0. The largest absolute Gasteiger partial charge is 0.103 e. The molecule has 0 nitrogen and oxygen atoms in total. The maximum Gasteiger partial charge on any atom is -0.0276 e. The zero-order chi connectivity index (χ0) is 12.5. The van der Waals surface area contributed by atoms with E-state index in [0.717, 1.165) is 18.8 Å². The second-order valence-electron chi connectivity index (χ2n) is 4.85. The predicted molar refractivity (Wildman–Crippen MR) is 77.4 cm³/mol. The monoisotopic (exact) mass is 230 g/mol. The summed E-state index contributed by atoms with van der Waals surface area (Å²) < 4.78 is 0. The van der Waals surface area contributed by atoms with Gasteiger partial charge in [0.15, 0.2) is 0 Å². The van der Waals surface area contributed by atoms with Gasteiger partial charge in [0.1, 0.15) is 0 Å². The van der Waals surface area contributed by atoms with Crippen molar-refractivity contribution in [2.75, 3.05) is 0 Å². The number of allylic oxidation sites excluding steroid dienone is 1. The van der Waals surface area contributed by atoms with Crippen LogP contribution in [0.25, 0.3) is 0 Å². The Morgan fingerprint density at radius 1 is 1.06 bits per heavy atom. The van der Waals surface area contributed by atoms with Crippen LogP contribution < -0.4 is 0 Å². The smallest absolute Gasteiger partial charge is 0.0276 e. The van der Waals surface area contributed by atoms with Crippen LogP contribution >= 0.6 is 0 Å². The van der Waals surface area contributed by atoms with Gasteiger partial charge in [0.2, 0.25) is 0 Å². The molecule has 0 bridgehead atoms. The normalized spacial score (nSPS) is 12.4. The molecule has 1 rings (SSSR count). The van der Waals surface area contributed by atoms with Crippen LogP contribution in [0.4, 0.5) is 0 Å². The maximum atomic E-state index is 3.80. The number of hydrogen-bond donors (Lipinski definition) is 0. The van der Waals surface area contributed by atoms with Crippen LogP contribution in [0.15, 0.2) is 36.9 Å². The summed E-state index contributed by atoms with van der Waals surface area (Å²) in [4.78, 5) is 0. The highest BCUT2D eigenvalue weighted by Gasteiger charge is 2.05. The van der Waals surface area contributed by atoms with Crippen molar-refractivity contribution in [1.82, 2.24) is 0 Å². The average Bonchev–Trinajstić information content (AvgIpc) is 2.39. The third kappa shape index (κ3) is 5.21. The quantitative estimate of drug-likeness (QED) is 0.540. The fourth-order valence-electron chi connectivity index (χ4n) is 2.22. The molecule has 0 aliphatic rings. The van der Waals surface area contributed by atoms with Crippen molar-refractivity contribution in [3.05, 3.63) is 48.0 Å². The van der Waals surface area contributed by atoms with Gasteiger partial charge in [-0.05, 0) is 49.1 Å². The SMILES string of the molecule is C=CCCC(CC)CCc1ccc(CC)cc1. The molecule has 1 aromatic rings. The highest BCUT2D eigenvalue weighted by atomic mass is 14.1. The third-order valence-electron chi connectivity index (χ3n) is 3.63. The second kappa shape index (κ2) is 8.11. The van der Waals surface area contributed by atoms with Gasteiger partial charge in [-0.25, -0.2) is 0 Å².